The van der Waals surface area contributed by atoms with Crippen LogP contribution < -0.4 is 5.73 Å². The maximum Gasteiger partial charge on any atom is 0.472 e. The Kier molecular flexibility index (Phi) is 22.2. The molecule has 0 rings (SSSR count). The lowest BCUT2D eigenvalue weighted by molar-refractivity contribution is -0.147. The molecule has 0 radical (unpaired) electrons. The van der Waals surface area contributed by atoms with Crippen molar-refractivity contribution in [3.8, 4) is 0 Å². The van der Waals surface area contributed by atoms with Crippen molar-refractivity contribution in [3.63, 3.8) is 0 Å². The summed E-state index contributed by atoms with van der Waals surface area (Å²) in [7, 11) is -4.25. The Bertz CT molecular complexity index is 662. The van der Waals surface area contributed by atoms with Gasteiger partial charge in [0, 0.05) is 13.0 Å². The first-order valence-electron chi connectivity index (χ1n) is 12.2. The van der Waals surface area contributed by atoms with Gasteiger partial charge in [0.15, 0.2) is 0 Å². The Hall–Kier alpha value is -1.54. The monoisotopic (exact) mass is 501 g/mol. The van der Waals surface area contributed by atoms with Gasteiger partial charge in [-0.2, -0.15) is 0 Å². The third-order valence-electron chi connectivity index (χ3n) is 4.45. The van der Waals surface area contributed by atoms with Gasteiger partial charge >= 0.3 is 13.8 Å². The topological polar surface area (TPSA) is 128 Å². The van der Waals surface area contributed by atoms with Crippen LogP contribution in [0.5, 0.6) is 0 Å². The first-order valence-corrected chi connectivity index (χ1v) is 13.7. The molecule has 0 aliphatic carbocycles. The zero-order chi connectivity index (χ0) is 25.3. The van der Waals surface area contributed by atoms with Crippen molar-refractivity contribution in [3.05, 3.63) is 48.6 Å². The summed E-state index contributed by atoms with van der Waals surface area (Å²) in [5, 5.41) is 9.67. The minimum atomic E-state index is -4.25. The summed E-state index contributed by atoms with van der Waals surface area (Å²) in [6.07, 6.45) is 25.3. The van der Waals surface area contributed by atoms with Crippen molar-refractivity contribution in [1.82, 2.24) is 0 Å². The highest BCUT2D eigenvalue weighted by Crippen LogP contribution is 2.42. The third kappa shape index (κ3) is 23.6. The van der Waals surface area contributed by atoms with Crippen molar-refractivity contribution < 1.29 is 33.1 Å². The van der Waals surface area contributed by atoms with Crippen LogP contribution in [0.4, 0.5) is 0 Å². The number of rotatable bonds is 22. The number of hydrogen-bond acceptors (Lipinski definition) is 7. The van der Waals surface area contributed by atoms with E-state index in [1.807, 2.05) is 0 Å². The average Bonchev–Trinajstić information content (AvgIpc) is 2.82. The fourth-order valence-corrected chi connectivity index (χ4v) is 3.37. The number of carbonyl (C=O) groups excluding carboxylic acids is 1. The second-order valence-corrected chi connectivity index (χ2v) is 9.16. The standard InChI is InChI=1S/C25H44NO7P/c1-2-3-4-5-6-7-8-9-10-11-12-13-14-15-16-17-18-19-25(28)31-22-24(27)23-33-34(29,30)32-21-20-26/h5-6,8-9,11-12,14-15,24,27H,2-4,7,10,13,16-23,26H2,1H3,(H,29,30)/t24-/m1/s1. The van der Waals surface area contributed by atoms with Gasteiger partial charge in [-0.3, -0.25) is 13.8 Å². The van der Waals surface area contributed by atoms with Crippen LogP contribution in [0, 0.1) is 0 Å². The molecule has 0 aromatic rings. The summed E-state index contributed by atoms with van der Waals surface area (Å²) in [5.41, 5.74) is 5.16. The molecule has 34 heavy (non-hydrogen) atoms. The van der Waals surface area contributed by atoms with Crippen molar-refractivity contribution in [2.45, 2.75) is 77.2 Å². The van der Waals surface area contributed by atoms with Gasteiger partial charge in [0.25, 0.3) is 0 Å². The maximum atomic E-state index is 11.7. The first-order chi connectivity index (χ1) is 16.4. The number of ether oxygens (including phenoxy) is 1. The van der Waals surface area contributed by atoms with E-state index in [-0.39, 0.29) is 26.2 Å². The molecule has 4 N–H and O–H groups in total. The summed E-state index contributed by atoms with van der Waals surface area (Å²) < 4.78 is 25.5. The number of unbranched alkanes of at least 4 members (excludes halogenated alkanes) is 4. The highest BCUT2D eigenvalue weighted by Gasteiger charge is 2.22. The molecule has 8 nitrogen and oxygen atoms in total. The average molecular weight is 502 g/mol. The van der Waals surface area contributed by atoms with Crippen molar-refractivity contribution in [2.75, 3.05) is 26.4 Å². The Morgan fingerprint density at radius 1 is 0.882 bits per heavy atom. The molecule has 0 aromatic heterocycles. The van der Waals surface area contributed by atoms with Gasteiger partial charge in [0.2, 0.25) is 0 Å². The lowest BCUT2D eigenvalue weighted by Crippen LogP contribution is -2.23. The van der Waals surface area contributed by atoms with Crippen LogP contribution in [0.25, 0.3) is 0 Å². The predicted molar refractivity (Wildman–Crippen MR) is 136 cm³/mol. The Morgan fingerprint density at radius 3 is 2.00 bits per heavy atom. The predicted octanol–water partition coefficient (Wildman–Crippen LogP) is 5.13. The van der Waals surface area contributed by atoms with E-state index in [4.69, 9.17) is 10.5 Å². The lowest BCUT2D eigenvalue weighted by atomic mass is 10.2. The number of aliphatic hydroxyl groups excluding tert-OH is 1. The highest BCUT2D eigenvalue weighted by atomic mass is 31.2. The molecule has 196 valence electrons. The molecule has 0 aliphatic heterocycles. The van der Waals surface area contributed by atoms with E-state index in [1.54, 1.807) is 0 Å². The van der Waals surface area contributed by atoms with Crippen molar-refractivity contribution in [2.24, 2.45) is 5.73 Å². The number of esters is 1. The molecular formula is C25H44NO7P. The quantitative estimate of drug-likeness (QED) is 0.0806. The molecule has 0 bridgehead atoms. The van der Waals surface area contributed by atoms with Gasteiger partial charge in [-0.05, 0) is 44.9 Å². The molecule has 0 aromatic carbocycles. The minimum Gasteiger partial charge on any atom is -0.463 e. The van der Waals surface area contributed by atoms with E-state index in [9.17, 15) is 19.4 Å². The summed E-state index contributed by atoms with van der Waals surface area (Å²) in [6.45, 7) is 1.33. The number of phosphoric acid groups is 1. The zero-order valence-corrected chi connectivity index (χ0v) is 21.5. The summed E-state index contributed by atoms with van der Waals surface area (Å²) in [4.78, 5) is 21.0. The van der Waals surface area contributed by atoms with Crippen LogP contribution >= 0.6 is 7.82 Å². The van der Waals surface area contributed by atoms with Crippen LogP contribution in [-0.4, -0.2) is 48.4 Å². The van der Waals surface area contributed by atoms with Gasteiger partial charge < -0.3 is 20.5 Å². The molecule has 2 atom stereocenters. The van der Waals surface area contributed by atoms with E-state index in [0.29, 0.717) is 6.42 Å². The lowest BCUT2D eigenvalue weighted by Gasteiger charge is -2.15. The number of nitrogens with two attached hydrogens (primary N) is 1. The SMILES string of the molecule is CCCCC=CCC=CCC=CCC=CCCCCC(=O)OC[C@@H](O)COP(=O)(O)OCCN. The molecule has 0 amide bonds. The second-order valence-electron chi connectivity index (χ2n) is 7.70. The van der Waals surface area contributed by atoms with E-state index in [1.165, 1.54) is 19.3 Å². The zero-order valence-electron chi connectivity index (χ0n) is 20.6. The van der Waals surface area contributed by atoms with Crippen LogP contribution in [0.1, 0.15) is 71.1 Å². The van der Waals surface area contributed by atoms with Crippen molar-refractivity contribution in [1.29, 1.82) is 0 Å². The molecule has 0 fully saturated rings. The van der Waals surface area contributed by atoms with E-state index < -0.39 is 26.5 Å². The van der Waals surface area contributed by atoms with Crippen molar-refractivity contribution >= 4 is 13.8 Å². The molecule has 0 saturated heterocycles. The highest BCUT2D eigenvalue weighted by molar-refractivity contribution is 7.47. The van der Waals surface area contributed by atoms with Crippen LogP contribution in [0.15, 0.2) is 48.6 Å². The molecule has 0 saturated carbocycles. The summed E-state index contributed by atoms with van der Waals surface area (Å²) in [6, 6.07) is 0. The van der Waals surface area contributed by atoms with Gasteiger partial charge in [0.05, 0.1) is 13.2 Å². The largest absolute Gasteiger partial charge is 0.472 e. The van der Waals surface area contributed by atoms with Gasteiger partial charge in [-0.1, -0.05) is 68.4 Å². The van der Waals surface area contributed by atoms with Gasteiger partial charge in [-0.15, -0.1) is 0 Å². The number of aliphatic hydroxyl groups is 1. The number of allylic oxidation sites excluding steroid dienone is 8. The Morgan fingerprint density at radius 2 is 1.44 bits per heavy atom. The maximum absolute atomic E-state index is 11.7. The minimum absolute atomic E-state index is 0.0659. The molecular weight excluding hydrogens is 457 g/mol. The van der Waals surface area contributed by atoms with Crippen LogP contribution in [0.3, 0.4) is 0 Å². The molecule has 0 spiro atoms. The number of hydrogen-bond donors (Lipinski definition) is 3. The van der Waals surface area contributed by atoms with Crippen LogP contribution in [0.2, 0.25) is 0 Å². The fraction of sp³-hybridized carbons (Fsp3) is 0.640. The number of carbonyl (C=O) groups is 1. The summed E-state index contributed by atoms with van der Waals surface area (Å²) >= 11 is 0. The van der Waals surface area contributed by atoms with E-state index in [0.717, 1.165) is 32.1 Å². The fourth-order valence-electron chi connectivity index (χ4n) is 2.60. The normalized spacial score (nSPS) is 15.1. The second kappa shape index (κ2) is 23.2. The molecule has 0 heterocycles. The molecule has 0 aliphatic rings. The third-order valence-corrected chi connectivity index (χ3v) is 5.43. The van der Waals surface area contributed by atoms with Gasteiger partial charge in [-0.25, -0.2) is 4.57 Å². The first kappa shape index (κ1) is 32.5. The van der Waals surface area contributed by atoms with Crippen LogP contribution in [-0.2, 0) is 23.1 Å². The Balaban J connectivity index is 3.65. The summed E-state index contributed by atoms with van der Waals surface area (Å²) in [5.74, 6) is -0.429. The van der Waals surface area contributed by atoms with Gasteiger partial charge in [0.1, 0.15) is 12.7 Å². The van der Waals surface area contributed by atoms with E-state index in [2.05, 4.69) is 64.6 Å². The number of phosphoric ester groups is 1. The van der Waals surface area contributed by atoms with E-state index >= 15 is 0 Å². The Labute approximate surface area is 205 Å². The molecule has 1 unspecified atom stereocenters. The molecule has 9 heteroatoms. The smallest absolute Gasteiger partial charge is 0.463 e.